The summed E-state index contributed by atoms with van der Waals surface area (Å²) in [5, 5.41) is 3.27. The van der Waals surface area contributed by atoms with E-state index in [1.54, 1.807) is 24.3 Å². The van der Waals surface area contributed by atoms with E-state index in [0.29, 0.717) is 28.9 Å². The van der Waals surface area contributed by atoms with Crippen molar-refractivity contribution < 1.29 is 13.9 Å². The van der Waals surface area contributed by atoms with Crippen molar-refractivity contribution in [2.45, 2.75) is 13.8 Å². The van der Waals surface area contributed by atoms with Gasteiger partial charge in [0.25, 0.3) is 5.91 Å². The monoisotopic (exact) mass is 328 g/mol. The highest BCUT2D eigenvalue weighted by Gasteiger charge is 2.32. The quantitative estimate of drug-likeness (QED) is 0.690. The molecule has 23 heavy (non-hydrogen) atoms. The maximum absolute atomic E-state index is 12.6. The number of furan rings is 1. The maximum Gasteiger partial charge on any atom is 0.281 e. The van der Waals surface area contributed by atoms with Gasteiger partial charge in [0.15, 0.2) is 5.11 Å². The fraction of sp³-hybridized carbons (Fsp3) is 0.176. The number of amides is 1. The van der Waals surface area contributed by atoms with Crippen LogP contribution in [0.3, 0.4) is 0 Å². The Morgan fingerprint density at radius 3 is 2.61 bits per heavy atom. The van der Waals surface area contributed by atoms with Gasteiger partial charge in [0.2, 0.25) is 0 Å². The molecule has 6 heteroatoms. The molecule has 0 radical (unpaired) electrons. The van der Waals surface area contributed by atoms with Gasteiger partial charge in [-0.3, -0.25) is 9.69 Å². The molecule has 0 spiro atoms. The molecule has 0 saturated carbocycles. The second-order valence-electron chi connectivity index (χ2n) is 5.00. The standard InChI is InChI=1S/C17H16N2O3S/c1-3-21-13-8-5-12(6-9-13)19-16(20)15(18-17(19)23)10-14-7-4-11(2)22-14/h4-10H,3H2,1-2H3,(H,18,23)/b15-10+. The average Bonchev–Trinajstić information content (AvgIpc) is 3.05. The summed E-state index contributed by atoms with van der Waals surface area (Å²) in [6, 6.07) is 10.9. The van der Waals surface area contributed by atoms with Crippen LogP contribution in [0.15, 0.2) is 46.5 Å². The van der Waals surface area contributed by atoms with Crippen molar-refractivity contribution in [3.8, 4) is 5.75 Å². The molecule has 5 nitrogen and oxygen atoms in total. The highest BCUT2D eigenvalue weighted by molar-refractivity contribution is 7.80. The van der Waals surface area contributed by atoms with Crippen molar-refractivity contribution >= 4 is 35.0 Å². The molecule has 0 aliphatic carbocycles. The van der Waals surface area contributed by atoms with Crippen LogP contribution in [0.2, 0.25) is 0 Å². The number of nitrogens with one attached hydrogen (secondary N) is 1. The van der Waals surface area contributed by atoms with Gasteiger partial charge in [-0.25, -0.2) is 0 Å². The van der Waals surface area contributed by atoms with Gasteiger partial charge in [0.1, 0.15) is 23.0 Å². The van der Waals surface area contributed by atoms with Crippen LogP contribution in [0.5, 0.6) is 5.75 Å². The molecular weight excluding hydrogens is 312 g/mol. The van der Waals surface area contributed by atoms with E-state index in [1.165, 1.54) is 4.90 Å². The first-order chi connectivity index (χ1) is 11.1. The van der Waals surface area contributed by atoms with Crippen molar-refractivity contribution in [3.05, 3.63) is 53.6 Å². The third-order valence-corrected chi connectivity index (χ3v) is 3.62. The topological polar surface area (TPSA) is 54.7 Å². The number of aryl methyl sites for hydroxylation is 1. The normalized spacial score (nSPS) is 16.1. The van der Waals surface area contributed by atoms with Crippen LogP contribution in [-0.4, -0.2) is 17.6 Å². The Balaban J connectivity index is 1.85. The predicted octanol–water partition coefficient (Wildman–Crippen LogP) is 3.25. The van der Waals surface area contributed by atoms with Gasteiger partial charge in [-0.1, -0.05) is 0 Å². The summed E-state index contributed by atoms with van der Waals surface area (Å²) in [6.07, 6.45) is 1.65. The molecule has 1 aliphatic heterocycles. The van der Waals surface area contributed by atoms with E-state index in [9.17, 15) is 4.79 Å². The van der Waals surface area contributed by atoms with Crippen molar-refractivity contribution in [3.63, 3.8) is 0 Å². The molecule has 2 heterocycles. The van der Waals surface area contributed by atoms with Gasteiger partial charge >= 0.3 is 0 Å². The predicted molar refractivity (Wildman–Crippen MR) is 92.3 cm³/mol. The molecule has 0 bridgehead atoms. The molecule has 1 aliphatic rings. The van der Waals surface area contributed by atoms with Gasteiger partial charge < -0.3 is 14.5 Å². The second kappa shape index (κ2) is 6.26. The number of rotatable bonds is 4. The van der Waals surface area contributed by atoms with Crippen LogP contribution < -0.4 is 15.0 Å². The summed E-state index contributed by atoms with van der Waals surface area (Å²) in [5.41, 5.74) is 1.08. The third-order valence-electron chi connectivity index (χ3n) is 3.33. The zero-order valence-electron chi connectivity index (χ0n) is 12.8. The molecule has 1 amide bonds. The number of benzene rings is 1. The summed E-state index contributed by atoms with van der Waals surface area (Å²) in [5.74, 6) is 1.93. The number of hydrogen-bond donors (Lipinski definition) is 1. The Kier molecular flexibility index (Phi) is 4.16. The van der Waals surface area contributed by atoms with Crippen molar-refractivity contribution in [1.82, 2.24) is 5.32 Å². The molecule has 1 aromatic carbocycles. The smallest absolute Gasteiger partial charge is 0.281 e. The highest BCUT2D eigenvalue weighted by Crippen LogP contribution is 2.25. The fourth-order valence-electron chi connectivity index (χ4n) is 2.30. The number of ether oxygens (including phenoxy) is 1. The number of thiocarbonyl (C=S) groups is 1. The first-order valence-corrected chi connectivity index (χ1v) is 7.65. The first kappa shape index (κ1) is 15.3. The molecule has 1 fully saturated rings. The van der Waals surface area contributed by atoms with Gasteiger partial charge in [-0.2, -0.15) is 0 Å². The minimum atomic E-state index is -0.215. The molecule has 1 N–H and O–H groups in total. The van der Waals surface area contributed by atoms with Crippen LogP contribution in [0.1, 0.15) is 18.4 Å². The molecule has 3 rings (SSSR count). The summed E-state index contributed by atoms with van der Waals surface area (Å²) >= 11 is 5.27. The van der Waals surface area contributed by atoms with E-state index < -0.39 is 0 Å². The summed E-state index contributed by atoms with van der Waals surface area (Å²) in [7, 11) is 0. The SMILES string of the molecule is CCOc1ccc(N2C(=O)/C(=C\c3ccc(C)o3)NC2=S)cc1. The molecule has 1 saturated heterocycles. The number of carbonyl (C=O) groups excluding carboxylic acids is 1. The van der Waals surface area contributed by atoms with E-state index in [0.717, 1.165) is 11.5 Å². The maximum atomic E-state index is 12.6. The van der Waals surface area contributed by atoms with Crippen molar-refractivity contribution in [2.24, 2.45) is 0 Å². The van der Waals surface area contributed by atoms with E-state index in [-0.39, 0.29) is 5.91 Å². The Morgan fingerprint density at radius 1 is 1.26 bits per heavy atom. The highest BCUT2D eigenvalue weighted by atomic mass is 32.1. The molecule has 0 unspecified atom stereocenters. The Morgan fingerprint density at radius 2 is 2.00 bits per heavy atom. The van der Waals surface area contributed by atoms with E-state index in [1.807, 2.05) is 32.0 Å². The second-order valence-corrected chi connectivity index (χ2v) is 5.39. The Bertz CT molecular complexity index is 777. The van der Waals surface area contributed by atoms with Gasteiger partial charge in [-0.15, -0.1) is 0 Å². The number of anilines is 1. The van der Waals surface area contributed by atoms with E-state index >= 15 is 0 Å². The fourth-order valence-corrected chi connectivity index (χ4v) is 2.60. The summed E-state index contributed by atoms with van der Waals surface area (Å²) in [4.78, 5) is 14.0. The van der Waals surface area contributed by atoms with E-state index in [2.05, 4.69) is 5.32 Å². The molecular formula is C17H16N2O3S. The lowest BCUT2D eigenvalue weighted by Crippen LogP contribution is -2.30. The van der Waals surface area contributed by atoms with Crippen molar-refractivity contribution in [2.75, 3.05) is 11.5 Å². The zero-order chi connectivity index (χ0) is 16.4. The van der Waals surface area contributed by atoms with Gasteiger partial charge in [-0.05, 0) is 62.5 Å². The number of carbonyl (C=O) groups is 1. The number of nitrogens with zero attached hydrogens (tertiary/aromatic N) is 1. The molecule has 2 aromatic rings. The Labute approximate surface area is 139 Å². The first-order valence-electron chi connectivity index (χ1n) is 7.25. The molecule has 1 aromatic heterocycles. The van der Waals surface area contributed by atoms with Gasteiger partial charge in [0, 0.05) is 6.08 Å². The Hall–Kier alpha value is -2.60. The minimum absolute atomic E-state index is 0.215. The number of hydrogen-bond acceptors (Lipinski definition) is 4. The lowest BCUT2D eigenvalue weighted by molar-refractivity contribution is -0.113. The lowest BCUT2D eigenvalue weighted by atomic mass is 10.2. The van der Waals surface area contributed by atoms with Crippen LogP contribution in [0.25, 0.3) is 6.08 Å². The average molecular weight is 328 g/mol. The van der Waals surface area contributed by atoms with Gasteiger partial charge in [0.05, 0.1) is 12.3 Å². The van der Waals surface area contributed by atoms with Crippen LogP contribution in [0, 0.1) is 6.92 Å². The van der Waals surface area contributed by atoms with E-state index in [4.69, 9.17) is 21.4 Å². The van der Waals surface area contributed by atoms with Crippen LogP contribution >= 0.6 is 12.2 Å². The minimum Gasteiger partial charge on any atom is -0.494 e. The van der Waals surface area contributed by atoms with Crippen LogP contribution in [0.4, 0.5) is 5.69 Å². The summed E-state index contributed by atoms with van der Waals surface area (Å²) < 4.78 is 10.9. The molecule has 118 valence electrons. The van der Waals surface area contributed by atoms with Crippen molar-refractivity contribution in [1.29, 1.82) is 0 Å². The molecule has 0 atom stereocenters. The largest absolute Gasteiger partial charge is 0.494 e. The van der Waals surface area contributed by atoms with Crippen LogP contribution in [-0.2, 0) is 4.79 Å². The summed E-state index contributed by atoms with van der Waals surface area (Å²) in [6.45, 7) is 4.37. The lowest BCUT2D eigenvalue weighted by Gasteiger charge is -2.14. The third kappa shape index (κ3) is 3.12. The zero-order valence-corrected chi connectivity index (χ0v) is 13.6.